The molecular weight excluding hydrogens is 324 g/mol. The van der Waals surface area contributed by atoms with Crippen LogP contribution in [0.15, 0.2) is 48.8 Å². The molecule has 1 unspecified atom stereocenters. The summed E-state index contributed by atoms with van der Waals surface area (Å²) in [6.07, 6.45) is 3.98. The van der Waals surface area contributed by atoms with E-state index in [-0.39, 0.29) is 11.9 Å². The maximum absolute atomic E-state index is 12.9. The summed E-state index contributed by atoms with van der Waals surface area (Å²) in [7, 11) is 2.02. The van der Waals surface area contributed by atoms with Gasteiger partial charge in [-0.2, -0.15) is 0 Å². The fourth-order valence-corrected chi connectivity index (χ4v) is 3.64. The molecule has 1 amide bonds. The molecule has 1 atom stereocenters. The smallest absolute Gasteiger partial charge is 0.255 e. The zero-order valence-corrected chi connectivity index (χ0v) is 15.4. The second-order valence-corrected chi connectivity index (χ2v) is 6.87. The lowest BCUT2D eigenvalue weighted by Gasteiger charge is -2.13. The minimum atomic E-state index is -0.106. The molecule has 5 heteroatoms. The third-order valence-corrected chi connectivity index (χ3v) is 4.93. The number of aromatic nitrogens is 3. The van der Waals surface area contributed by atoms with Crippen molar-refractivity contribution in [3.05, 3.63) is 71.3 Å². The zero-order chi connectivity index (χ0) is 18.4. The number of benzene rings is 1. The lowest BCUT2D eigenvalue weighted by Crippen LogP contribution is -2.26. The van der Waals surface area contributed by atoms with Crippen molar-refractivity contribution < 1.29 is 4.79 Å². The number of nitrogens with zero attached hydrogens (tertiary/aromatic N) is 3. The topological polar surface area (TPSA) is 51.3 Å². The molecule has 0 saturated carbocycles. The molecule has 0 fully saturated rings. The Balaban J connectivity index is 1.68. The van der Waals surface area contributed by atoms with Gasteiger partial charge in [0.2, 0.25) is 0 Å². The molecule has 3 heterocycles. The highest BCUT2D eigenvalue weighted by Crippen LogP contribution is 2.26. The Morgan fingerprint density at radius 1 is 1.19 bits per heavy atom. The van der Waals surface area contributed by atoms with Gasteiger partial charge in [-0.15, -0.1) is 0 Å². The maximum Gasteiger partial charge on any atom is 0.255 e. The van der Waals surface area contributed by atoms with Crippen LogP contribution in [0.5, 0.6) is 0 Å². The van der Waals surface area contributed by atoms with Crippen LogP contribution in [0, 0.1) is 13.8 Å². The minimum Gasteiger partial charge on any atom is -0.350 e. The van der Waals surface area contributed by atoms with Crippen LogP contribution in [0.3, 0.4) is 0 Å². The molecule has 0 spiro atoms. The van der Waals surface area contributed by atoms with Crippen LogP contribution in [0.2, 0.25) is 0 Å². The van der Waals surface area contributed by atoms with E-state index < -0.39 is 0 Å². The van der Waals surface area contributed by atoms with Gasteiger partial charge in [0.05, 0.1) is 11.6 Å². The van der Waals surface area contributed by atoms with Gasteiger partial charge in [-0.25, -0.2) is 4.98 Å². The van der Waals surface area contributed by atoms with Gasteiger partial charge >= 0.3 is 0 Å². The molecule has 0 aliphatic heterocycles. The van der Waals surface area contributed by atoms with E-state index in [1.807, 2.05) is 62.7 Å². The first-order chi connectivity index (χ1) is 12.5. The summed E-state index contributed by atoms with van der Waals surface area (Å²) < 4.78 is 4.04. The van der Waals surface area contributed by atoms with E-state index >= 15 is 0 Å². The average molecular weight is 346 g/mol. The summed E-state index contributed by atoms with van der Waals surface area (Å²) in [5.74, 6) is -0.106. The minimum absolute atomic E-state index is 0.102. The SMILES string of the molecule is Cc1cc(C)n2ccc(C(=O)NC(C)c3cn(C)c4ccccc34)c2n1. The molecule has 132 valence electrons. The normalized spacial score (nSPS) is 12.6. The fraction of sp³-hybridized carbons (Fsp3) is 0.238. The fourth-order valence-electron chi connectivity index (χ4n) is 3.64. The van der Waals surface area contributed by atoms with Crippen LogP contribution in [-0.2, 0) is 7.05 Å². The van der Waals surface area contributed by atoms with Crippen molar-refractivity contribution in [2.75, 3.05) is 0 Å². The van der Waals surface area contributed by atoms with Gasteiger partial charge in [-0.3, -0.25) is 4.79 Å². The first-order valence-electron chi connectivity index (χ1n) is 8.76. The predicted molar refractivity (Wildman–Crippen MR) is 103 cm³/mol. The van der Waals surface area contributed by atoms with Crippen molar-refractivity contribution in [2.45, 2.75) is 26.8 Å². The summed E-state index contributed by atoms with van der Waals surface area (Å²) in [6.45, 7) is 5.98. The van der Waals surface area contributed by atoms with E-state index in [1.54, 1.807) is 0 Å². The number of fused-ring (bicyclic) bond motifs is 2. The van der Waals surface area contributed by atoms with Gasteiger partial charge < -0.3 is 14.3 Å². The largest absolute Gasteiger partial charge is 0.350 e. The second kappa shape index (κ2) is 6.02. The molecule has 4 aromatic rings. The summed E-state index contributed by atoms with van der Waals surface area (Å²) >= 11 is 0. The maximum atomic E-state index is 12.9. The molecule has 0 aliphatic rings. The van der Waals surface area contributed by atoms with E-state index in [0.717, 1.165) is 27.9 Å². The molecular formula is C21H22N4O. The highest BCUT2D eigenvalue weighted by atomic mass is 16.1. The van der Waals surface area contributed by atoms with Crippen molar-refractivity contribution in [2.24, 2.45) is 7.05 Å². The van der Waals surface area contributed by atoms with Crippen LogP contribution < -0.4 is 5.32 Å². The Morgan fingerprint density at radius 2 is 1.96 bits per heavy atom. The molecule has 1 aromatic carbocycles. The van der Waals surface area contributed by atoms with Crippen LogP contribution in [-0.4, -0.2) is 19.9 Å². The Labute approximate surface area is 152 Å². The Bertz CT molecular complexity index is 1140. The third kappa shape index (κ3) is 2.56. The molecule has 1 N–H and O–H groups in total. The van der Waals surface area contributed by atoms with Crippen LogP contribution in [0.25, 0.3) is 16.6 Å². The third-order valence-electron chi connectivity index (χ3n) is 4.93. The highest BCUT2D eigenvalue weighted by molar-refractivity contribution is 6.00. The van der Waals surface area contributed by atoms with Gasteiger partial charge in [0.25, 0.3) is 5.91 Å². The molecule has 0 bridgehead atoms. The van der Waals surface area contributed by atoms with Gasteiger partial charge in [-0.05, 0) is 44.5 Å². The standard InChI is InChI=1S/C21H22N4O/c1-13-11-14(2)25-10-9-17(20(25)22-13)21(26)23-15(3)18-12-24(4)19-8-6-5-7-16(18)19/h5-12,15H,1-4H3,(H,23,26). The summed E-state index contributed by atoms with van der Waals surface area (Å²) in [5, 5.41) is 4.29. The van der Waals surface area contributed by atoms with Gasteiger partial charge in [-0.1, -0.05) is 18.2 Å². The second-order valence-electron chi connectivity index (χ2n) is 6.87. The first kappa shape index (κ1) is 16.4. The Kier molecular flexibility index (Phi) is 3.80. The average Bonchev–Trinajstić information content (AvgIpc) is 3.17. The van der Waals surface area contributed by atoms with Gasteiger partial charge in [0.15, 0.2) is 0 Å². The van der Waals surface area contributed by atoms with Crippen LogP contribution in [0.1, 0.15) is 40.3 Å². The Morgan fingerprint density at radius 3 is 2.77 bits per heavy atom. The lowest BCUT2D eigenvalue weighted by molar-refractivity contribution is 0.0941. The van der Waals surface area contributed by atoms with Crippen molar-refractivity contribution in [1.82, 2.24) is 19.3 Å². The van der Waals surface area contributed by atoms with Crippen molar-refractivity contribution >= 4 is 22.5 Å². The number of hydrogen-bond acceptors (Lipinski definition) is 2. The quantitative estimate of drug-likeness (QED) is 0.611. The van der Waals surface area contributed by atoms with Crippen molar-refractivity contribution in [1.29, 1.82) is 0 Å². The molecule has 5 nitrogen and oxygen atoms in total. The number of aryl methyl sites for hydroxylation is 3. The van der Waals surface area contributed by atoms with Crippen LogP contribution in [0.4, 0.5) is 0 Å². The number of amides is 1. The van der Waals surface area contributed by atoms with E-state index in [2.05, 4.69) is 33.2 Å². The molecule has 0 radical (unpaired) electrons. The molecule has 26 heavy (non-hydrogen) atoms. The summed E-state index contributed by atoms with van der Waals surface area (Å²) in [6, 6.07) is 12.0. The number of nitrogens with one attached hydrogen (secondary N) is 1. The number of hydrogen-bond donors (Lipinski definition) is 1. The summed E-state index contributed by atoms with van der Waals surface area (Å²) in [4.78, 5) is 17.4. The number of carbonyl (C=O) groups is 1. The van der Waals surface area contributed by atoms with Crippen molar-refractivity contribution in [3.63, 3.8) is 0 Å². The molecule has 4 rings (SSSR count). The van der Waals surface area contributed by atoms with Gasteiger partial charge in [0, 0.05) is 41.7 Å². The van der Waals surface area contributed by atoms with E-state index in [0.29, 0.717) is 11.2 Å². The number of rotatable bonds is 3. The molecule has 3 aromatic heterocycles. The van der Waals surface area contributed by atoms with Crippen molar-refractivity contribution in [3.8, 4) is 0 Å². The predicted octanol–water partition coefficient (Wildman–Crippen LogP) is 3.93. The van der Waals surface area contributed by atoms with E-state index in [1.165, 1.54) is 0 Å². The first-order valence-corrected chi connectivity index (χ1v) is 8.76. The summed E-state index contributed by atoms with van der Waals surface area (Å²) in [5.41, 5.74) is 5.54. The van der Waals surface area contributed by atoms with Gasteiger partial charge in [0.1, 0.15) is 5.65 Å². The Hall–Kier alpha value is -3.08. The number of para-hydroxylation sites is 1. The molecule has 0 saturated heterocycles. The zero-order valence-electron chi connectivity index (χ0n) is 15.4. The van der Waals surface area contributed by atoms with E-state index in [4.69, 9.17) is 0 Å². The van der Waals surface area contributed by atoms with Crippen LogP contribution >= 0.6 is 0 Å². The van der Waals surface area contributed by atoms with E-state index in [9.17, 15) is 4.79 Å². The molecule has 0 aliphatic carbocycles. The monoisotopic (exact) mass is 346 g/mol. The highest BCUT2D eigenvalue weighted by Gasteiger charge is 2.19. The lowest BCUT2D eigenvalue weighted by atomic mass is 10.1. The number of carbonyl (C=O) groups excluding carboxylic acids is 1.